The van der Waals surface area contributed by atoms with E-state index in [4.69, 9.17) is 9.47 Å². The van der Waals surface area contributed by atoms with Crippen LogP contribution in [0.25, 0.3) is 0 Å². The van der Waals surface area contributed by atoms with E-state index in [-0.39, 0.29) is 11.8 Å². The number of anilines is 1. The third-order valence-electron chi connectivity index (χ3n) is 4.87. The summed E-state index contributed by atoms with van der Waals surface area (Å²) in [5.41, 5.74) is 1.44. The fourth-order valence-corrected chi connectivity index (χ4v) is 3.37. The van der Waals surface area contributed by atoms with Crippen LogP contribution in [-0.2, 0) is 4.74 Å². The van der Waals surface area contributed by atoms with Gasteiger partial charge in [0.15, 0.2) is 0 Å². The summed E-state index contributed by atoms with van der Waals surface area (Å²) in [6.45, 7) is 4.88. The number of carbonyl (C=O) groups excluding carboxylic acids is 2. The van der Waals surface area contributed by atoms with E-state index in [0.29, 0.717) is 42.4 Å². The van der Waals surface area contributed by atoms with Crippen molar-refractivity contribution in [2.45, 2.75) is 26.2 Å². The summed E-state index contributed by atoms with van der Waals surface area (Å²) in [5, 5.41) is 2.89. The lowest BCUT2D eigenvalue weighted by Gasteiger charge is -2.27. The molecule has 0 aromatic heterocycles. The minimum absolute atomic E-state index is 0.0400. The number of para-hydroxylation sites is 2. The molecule has 0 unspecified atom stereocenters. The monoisotopic (exact) mass is 396 g/mol. The first-order valence-corrected chi connectivity index (χ1v) is 10.2. The van der Waals surface area contributed by atoms with Crippen molar-refractivity contribution in [3.63, 3.8) is 0 Å². The van der Waals surface area contributed by atoms with Crippen molar-refractivity contribution in [2.24, 2.45) is 0 Å². The van der Waals surface area contributed by atoms with Gasteiger partial charge in [-0.3, -0.25) is 9.59 Å². The van der Waals surface area contributed by atoms with Gasteiger partial charge in [-0.1, -0.05) is 24.3 Å². The predicted molar refractivity (Wildman–Crippen MR) is 113 cm³/mol. The lowest BCUT2D eigenvalue weighted by atomic mass is 10.1. The number of rotatable bonds is 8. The zero-order valence-corrected chi connectivity index (χ0v) is 16.9. The first-order chi connectivity index (χ1) is 14.2. The topological polar surface area (TPSA) is 67.9 Å². The normalized spacial score (nSPS) is 13.8. The highest BCUT2D eigenvalue weighted by Crippen LogP contribution is 2.23. The van der Waals surface area contributed by atoms with E-state index in [2.05, 4.69) is 5.32 Å². The number of hydrogen-bond donors (Lipinski definition) is 1. The van der Waals surface area contributed by atoms with E-state index in [1.54, 1.807) is 30.3 Å². The van der Waals surface area contributed by atoms with Crippen LogP contribution in [0.4, 0.5) is 5.69 Å². The Morgan fingerprint density at radius 2 is 1.62 bits per heavy atom. The Morgan fingerprint density at radius 3 is 2.38 bits per heavy atom. The molecular weight excluding hydrogens is 368 g/mol. The van der Waals surface area contributed by atoms with Crippen LogP contribution >= 0.6 is 0 Å². The summed E-state index contributed by atoms with van der Waals surface area (Å²) >= 11 is 0. The van der Waals surface area contributed by atoms with Crippen LogP contribution in [0.1, 0.15) is 46.9 Å². The summed E-state index contributed by atoms with van der Waals surface area (Å²) < 4.78 is 11.0. The molecule has 154 valence electrons. The van der Waals surface area contributed by atoms with Gasteiger partial charge in [-0.05, 0) is 50.5 Å². The quantitative estimate of drug-likeness (QED) is 0.686. The third kappa shape index (κ3) is 5.57. The predicted octanol–water partition coefficient (Wildman–Crippen LogP) is 3.98. The summed E-state index contributed by atoms with van der Waals surface area (Å²) in [4.78, 5) is 27.7. The molecule has 2 aromatic rings. The molecule has 1 fully saturated rings. The molecule has 1 N–H and O–H groups in total. The molecule has 2 aromatic carbocycles. The highest BCUT2D eigenvalue weighted by Gasteiger charge is 2.22. The van der Waals surface area contributed by atoms with Gasteiger partial charge in [-0.15, -0.1) is 0 Å². The van der Waals surface area contributed by atoms with Gasteiger partial charge >= 0.3 is 0 Å². The molecule has 0 radical (unpaired) electrons. The number of amides is 2. The van der Waals surface area contributed by atoms with Crippen LogP contribution < -0.4 is 10.1 Å². The second kappa shape index (κ2) is 10.6. The lowest BCUT2D eigenvalue weighted by molar-refractivity contribution is 0.0725. The molecule has 1 heterocycles. The van der Waals surface area contributed by atoms with Crippen LogP contribution in [0.15, 0.2) is 48.5 Å². The molecule has 0 spiro atoms. The molecule has 6 nitrogen and oxygen atoms in total. The summed E-state index contributed by atoms with van der Waals surface area (Å²) in [6, 6.07) is 14.2. The number of ether oxygens (including phenoxy) is 2. The number of benzene rings is 2. The van der Waals surface area contributed by atoms with Gasteiger partial charge in [0.05, 0.1) is 23.4 Å². The van der Waals surface area contributed by atoms with Gasteiger partial charge < -0.3 is 19.7 Å². The molecular formula is C23H28N2O4. The SMILES string of the molecule is CCOCCOc1ccccc1C(=O)Nc1ccccc1C(=O)N1CCCCC1. The van der Waals surface area contributed by atoms with E-state index in [1.165, 1.54) is 0 Å². The second-order valence-electron chi connectivity index (χ2n) is 6.89. The summed E-state index contributed by atoms with van der Waals surface area (Å²) in [7, 11) is 0. The summed E-state index contributed by atoms with van der Waals surface area (Å²) in [5.74, 6) is 0.141. The van der Waals surface area contributed by atoms with Crippen LogP contribution in [0.5, 0.6) is 5.75 Å². The van der Waals surface area contributed by atoms with E-state index >= 15 is 0 Å². The molecule has 6 heteroatoms. The van der Waals surface area contributed by atoms with Crippen LogP contribution in [-0.4, -0.2) is 49.6 Å². The Labute approximate surface area is 171 Å². The van der Waals surface area contributed by atoms with Gasteiger partial charge in [-0.25, -0.2) is 0 Å². The number of hydrogen-bond acceptors (Lipinski definition) is 4. The lowest BCUT2D eigenvalue weighted by Crippen LogP contribution is -2.36. The van der Waals surface area contributed by atoms with Gasteiger partial charge in [0.2, 0.25) is 0 Å². The Hall–Kier alpha value is -2.86. The van der Waals surface area contributed by atoms with Crippen molar-refractivity contribution in [1.29, 1.82) is 0 Å². The molecule has 1 aliphatic heterocycles. The van der Waals surface area contributed by atoms with Crippen molar-refractivity contribution in [3.05, 3.63) is 59.7 Å². The van der Waals surface area contributed by atoms with Gasteiger partial charge in [0.25, 0.3) is 11.8 Å². The van der Waals surface area contributed by atoms with Gasteiger partial charge in [0, 0.05) is 19.7 Å². The largest absolute Gasteiger partial charge is 0.490 e. The maximum Gasteiger partial charge on any atom is 0.259 e. The zero-order chi connectivity index (χ0) is 20.5. The molecule has 1 saturated heterocycles. The number of nitrogens with zero attached hydrogens (tertiary/aromatic N) is 1. The van der Waals surface area contributed by atoms with Crippen molar-refractivity contribution < 1.29 is 19.1 Å². The van der Waals surface area contributed by atoms with Crippen molar-refractivity contribution >= 4 is 17.5 Å². The van der Waals surface area contributed by atoms with E-state index in [1.807, 2.05) is 30.0 Å². The highest BCUT2D eigenvalue weighted by atomic mass is 16.5. The average molecular weight is 396 g/mol. The molecule has 1 aliphatic rings. The van der Waals surface area contributed by atoms with E-state index in [9.17, 15) is 9.59 Å². The number of nitrogens with one attached hydrogen (secondary N) is 1. The smallest absolute Gasteiger partial charge is 0.259 e. The maximum absolute atomic E-state index is 12.9. The number of likely N-dealkylation sites (tertiary alicyclic amines) is 1. The first-order valence-electron chi connectivity index (χ1n) is 10.2. The minimum atomic E-state index is -0.309. The van der Waals surface area contributed by atoms with Crippen molar-refractivity contribution in [2.75, 3.05) is 38.2 Å². The Kier molecular flexibility index (Phi) is 7.64. The minimum Gasteiger partial charge on any atom is -0.490 e. The highest BCUT2D eigenvalue weighted by molar-refractivity contribution is 6.10. The zero-order valence-electron chi connectivity index (χ0n) is 16.9. The molecule has 0 saturated carbocycles. The Morgan fingerprint density at radius 1 is 0.931 bits per heavy atom. The van der Waals surface area contributed by atoms with Crippen LogP contribution in [0, 0.1) is 0 Å². The second-order valence-corrected chi connectivity index (χ2v) is 6.89. The standard InChI is InChI=1S/C23H28N2O4/c1-2-28-16-17-29-21-13-7-5-11-19(21)22(26)24-20-12-6-4-10-18(20)23(27)25-14-8-3-9-15-25/h4-7,10-13H,2-3,8-9,14-17H2,1H3,(H,24,26). The van der Waals surface area contributed by atoms with Gasteiger partial charge in [-0.2, -0.15) is 0 Å². The average Bonchev–Trinajstić information content (AvgIpc) is 2.77. The molecule has 0 aliphatic carbocycles. The van der Waals surface area contributed by atoms with Crippen LogP contribution in [0.2, 0.25) is 0 Å². The fraction of sp³-hybridized carbons (Fsp3) is 0.391. The Balaban J connectivity index is 1.74. The van der Waals surface area contributed by atoms with E-state index in [0.717, 1.165) is 32.4 Å². The van der Waals surface area contributed by atoms with Gasteiger partial charge in [0.1, 0.15) is 12.4 Å². The number of carbonyl (C=O) groups is 2. The molecule has 0 bridgehead atoms. The third-order valence-corrected chi connectivity index (χ3v) is 4.87. The van der Waals surface area contributed by atoms with Crippen molar-refractivity contribution in [1.82, 2.24) is 4.90 Å². The maximum atomic E-state index is 12.9. The fourth-order valence-electron chi connectivity index (χ4n) is 3.37. The first kappa shape index (κ1) is 20.9. The molecule has 2 amide bonds. The number of piperidine rings is 1. The van der Waals surface area contributed by atoms with Crippen LogP contribution in [0.3, 0.4) is 0 Å². The van der Waals surface area contributed by atoms with E-state index < -0.39 is 0 Å². The summed E-state index contributed by atoms with van der Waals surface area (Å²) in [6.07, 6.45) is 3.20. The Bertz CT molecular complexity index is 831. The van der Waals surface area contributed by atoms with Crippen molar-refractivity contribution in [3.8, 4) is 5.75 Å². The molecule has 29 heavy (non-hydrogen) atoms. The molecule has 0 atom stereocenters. The molecule has 3 rings (SSSR count).